The van der Waals surface area contributed by atoms with Crippen molar-refractivity contribution in [1.82, 2.24) is 10.2 Å². The van der Waals surface area contributed by atoms with Gasteiger partial charge in [-0.05, 0) is 20.2 Å². The number of rotatable bonds is 8. The van der Waals surface area contributed by atoms with Gasteiger partial charge in [0.25, 0.3) is 0 Å². The Balaban J connectivity index is 3.31. The van der Waals surface area contributed by atoms with Crippen molar-refractivity contribution in [3.8, 4) is 5.75 Å². The first kappa shape index (κ1) is 17.8. The quantitative estimate of drug-likeness (QED) is 0.501. The van der Waals surface area contributed by atoms with E-state index in [4.69, 9.17) is 15.9 Å². The van der Waals surface area contributed by atoms with Crippen LogP contribution in [-0.2, 0) is 0 Å². The average Bonchev–Trinajstić information content (AvgIpc) is 2.49. The molecule has 0 aliphatic carbocycles. The van der Waals surface area contributed by atoms with Crippen molar-refractivity contribution in [2.45, 2.75) is 0 Å². The maximum absolute atomic E-state index is 7.65. The third kappa shape index (κ3) is 4.39. The fourth-order valence-corrected chi connectivity index (χ4v) is 2.13. The zero-order valence-electron chi connectivity index (χ0n) is 14.1. The highest BCUT2D eigenvalue weighted by molar-refractivity contribution is 6.11. The van der Waals surface area contributed by atoms with Crippen LogP contribution in [0, 0.1) is 5.41 Å². The van der Waals surface area contributed by atoms with Gasteiger partial charge in [-0.2, -0.15) is 0 Å². The maximum atomic E-state index is 7.65. The summed E-state index contributed by atoms with van der Waals surface area (Å²) in [6, 6.07) is 3.78. The van der Waals surface area contributed by atoms with Crippen molar-refractivity contribution in [2.75, 3.05) is 59.0 Å². The van der Waals surface area contributed by atoms with Crippen LogP contribution in [0.3, 0.4) is 0 Å². The summed E-state index contributed by atoms with van der Waals surface area (Å²) in [4.78, 5) is 4.27. The van der Waals surface area contributed by atoms with Gasteiger partial charge in [0.2, 0.25) is 0 Å². The lowest BCUT2D eigenvalue weighted by molar-refractivity contribution is 0.413. The summed E-state index contributed by atoms with van der Waals surface area (Å²) in [5.41, 5.74) is 9.26. The molecule has 0 heterocycles. The number of methoxy groups -OCH3 is 1. The molecule has 22 heavy (non-hydrogen) atoms. The number of nitrogens with one attached hydrogen (secondary N) is 2. The van der Waals surface area contributed by atoms with Gasteiger partial charge in [-0.3, -0.25) is 0 Å². The van der Waals surface area contributed by atoms with Gasteiger partial charge in [-0.15, -0.1) is 0 Å². The number of benzene rings is 1. The molecule has 0 unspecified atom stereocenters. The molecule has 0 bridgehead atoms. The van der Waals surface area contributed by atoms with Crippen LogP contribution in [0.5, 0.6) is 5.75 Å². The minimum Gasteiger partial charge on any atom is -0.495 e. The monoisotopic (exact) mass is 305 g/mol. The summed E-state index contributed by atoms with van der Waals surface area (Å²) in [5.74, 6) is 0.643. The fraction of sp³-hybridized carbons (Fsp3) is 0.438. The van der Waals surface area contributed by atoms with E-state index in [0.717, 1.165) is 29.9 Å². The molecule has 122 valence electrons. The summed E-state index contributed by atoms with van der Waals surface area (Å²) in [6.07, 6.45) is 3.11. The first-order valence-electron chi connectivity index (χ1n) is 7.16. The maximum Gasteiger partial charge on any atom is 0.143 e. The number of likely N-dealkylation sites (N-methyl/N-ethyl adjacent to an activating group) is 2. The highest BCUT2D eigenvalue weighted by Crippen LogP contribution is 2.34. The number of hydrogen-bond donors (Lipinski definition) is 3. The second-order valence-corrected chi connectivity index (χ2v) is 5.37. The summed E-state index contributed by atoms with van der Waals surface area (Å²) >= 11 is 0. The second kappa shape index (κ2) is 8.29. The molecule has 0 amide bonds. The van der Waals surface area contributed by atoms with Crippen LogP contribution >= 0.6 is 0 Å². The molecule has 0 aromatic heterocycles. The van der Waals surface area contributed by atoms with Crippen LogP contribution < -0.4 is 20.7 Å². The molecule has 6 heteroatoms. The number of hydrogen-bond acceptors (Lipinski definition) is 6. The molecule has 0 spiro atoms. The molecule has 6 nitrogen and oxygen atoms in total. The molecule has 0 aliphatic rings. The molecule has 0 saturated heterocycles. The van der Waals surface area contributed by atoms with Crippen LogP contribution in [0.2, 0.25) is 0 Å². The van der Waals surface area contributed by atoms with E-state index >= 15 is 0 Å². The van der Waals surface area contributed by atoms with Crippen LogP contribution in [0.25, 0.3) is 5.57 Å². The molecule has 4 N–H and O–H groups in total. The molecular weight excluding hydrogens is 278 g/mol. The number of nitrogens with zero attached hydrogens (tertiary/aromatic N) is 2. The first-order chi connectivity index (χ1) is 10.4. The Labute approximate surface area is 133 Å². The Bertz CT molecular complexity index is 540. The average molecular weight is 305 g/mol. The van der Waals surface area contributed by atoms with Crippen LogP contribution in [-0.4, -0.2) is 59.5 Å². The van der Waals surface area contributed by atoms with Crippen molar-refractivity contribution in [2.24, 2.45) is 0 Å². The Hall–Kier alpha value is -2.21. The predicted molar refractivity (Wildman–Crippen MR) is 95.1 cm³/mol. The molecular formula is C16H27N5O. The van der Waals surface area contributed by atoms with E-state index in [1.165, 1.54) is 6.21 Å². The third-order valence-electron chi connectivity index (χ3n) is 3.41. The fourth-order valence-electron chi connectivity index (χ4n) is 2.13. The lowest BCUT2D eigenvalue weighted by atomic mass is 10.0. The Kier molecular flexibility index (Phi) is 6.72. The zero-order valence-corrected chi connectivity index (χ0v) is 14.1. The van der Waals surface area contributed by atoms with E-state index in [1.807, 2.05) is 40.3 Å². The summed E-state index contributed by atoms with van der Waals surface area (Å²) < 4.78 is 5.34. The minimum atomic E-state index is 0.561. The molecule has 0 saturated carbocycles. The second-order valence-electron chi connectivity index (χ2n) is 5.37. The zero-order chi connectivity index (χ0) is 16.7. The number of nitrogen functional groups attached to an aromatic ring is 1. The number of allylic oxidation sites excluding steroid dienone is 1. The van der Waals surface area contributed by atoms with Gasteiger partial charge >= 0.3 is 0 Å². The van der Waals surface area contributed by atoms with Gasteiger partial charge in [-0.1, -0.05) is 0 Å². The van der Waals surface area contributed by atoms with E-state index in [0.29, 0.717) is 11.4 Å². The van der Waals surface area contributed by atoms with Crippen molar-refractivity contribution in [1.29, 1.82) is 5.41 Å². The first-order valence-corrected chi connectivity index (χ1v) is 7.16. The molecule has 0 fully saturated rings. The smallest absolute Gasteiger partial charge is 0.143 e. The van der Waals surface area contributed by atoms with E-state index in [1.54, 1.807) is 13.3 Å². The number of anilines is 2. The van der Waals surface area contributed by atoms with E-state index < -0.39 is 0 Å². The van der Waals surface area contributed by atoms with Gasteiger partial charge < -0.3 is 31.0 Å². The van der Waals surface area contributed by atoms with Crippen molar-refractivity contribution >= 4 is 23.2 Å². The van der Waals surface area contributed by atoms with E-state index in [9.17, 15) is 0 Å². The van der Waals surface area contributed by atoms with Gasteiger partial charge in [-0.25, -0.2) is 0 Å². The molecule has 0 aliphatic heterocycles. The largest absolute Gasteiger partial charge is 0.495 e. The Morgan fingerprint density at radius 1 is 1.32 bits per heavy atom. The van der Waals surface area contributed by atoms with Crippen LogP contribution in [0.15, 0.2) is 18.3 Å². The third-order valence-corrected chi connectivity index (χ3v) is 3.41. The predicted octanol–water partition coefficient (Wildman–Crippen LogP) is 1.49. The standard InChI is InChI=1S/C16H27N5O/c1-19-11-12(10-17)13-8-14(18)16(22-5)9-15(13)21(4)7-6-20(2)3/h8-11,17,19H,6-7,18H2,1-5H3/b12-11+,17-10?. The lowest BCUT2D eigenvalue weighted by Crippen LogP contribution is -2.29. The Morgan fingerprint density at radius 2 is 2.00 bits per heavy atom. The van der Waals surface area contributed by atoms with Crippen molar-refractivity contribution in [3.05, 3.63) is 23.9 Å². The SMILES string of the molecule is CN/C=C(\C=N)c1cc(N)c(OC)cc1N(C)CCN(C)C. The topological polar surface area (TPSA) is 77.6 Å². The molecule has 1 rings (SSSR count). The summed E-state index contributed by atoms with van der Waals surface area (Å²) in [7, 11) is 9.53. The minimum absolute atomic E-state index is 0.561. The van der Waals surface area contributed by atoms with Crippen molar-refractivity contribution < 1.29 is 4.74 Å². The normalized spacial score (nSPS) is 11.5. The molecule has 1 aromatic rings. The van der Waals surface area contributed by atoms with Gasteiger partial charge in [0, 0.05) is 62.5 Å². The van der Waals surface area contributed by atoms with Gasteiger partial charge in [0.1, 0.15) is 5.75 Å². The molecule has 1 aromatic carbocycles. The van der Waals surface area contributed by atoms with Gasteiger partial charge in [0.05, 0.1) is 12.8 Å². The van der Waals surface area contributed by atoms with E-state index in [-0.39, 0.29) is 0 Å². The lowest BCUT2D eigenvalue weighted by Gasteiger charge is -2.25. The number of ether oxygens (including phenoxy) is 1. The Morgan fingerprint density at radius 3 is 2.50 bits per heavy atom. The summed E-state index contributed by atoms with van der Waals surface area (Å²) in [5, 5.41) is 10.6. The highest BCUT2D eigenvalue weighted by atomic mass is 16.5. The highest BCUT2D eigenvalue weighted by Gasteiger charge is 2.14. The van der Waals surface area contributed by atoms with Crippen molar-refractivity contribution in [3.63, 3.8) is 0 Å². The number of nitrogens with two attached hydrogens (primary N) is 1. The van der Waals surface area contributed by atoms with Gasteiger partial charge in [0.15, 0.2) is 0 Å². The molecule has 0 radical (unpaired) electrons. The van der Waals surface area contributed by atoms with Crippen LogP contribution in [0.4, 0.5) is 11.4 Å². The van der Waals surface area contributed by atoms with Crippen LogP contribution in [0.1, 0.15) is 5.56 Å². The molecule has 0 atom stereocenters. The van der Waals surface area contributed by atoms with E-state index in [2.05, 4.69) is 15.1 Å². The summed E-state index contributed by atoms with van der Waals surface area (Å²) in [6.45, 7) is 1.79.